The van der Waals surface area contributed by atoms with Gasteiger partial charge in [0.25, 0.3) is 5.91 Å². The zero-order valence-corrected chi connectivity index (χ0v) is 14.4. The molecule has 1 aliphatic rings. The Morgan fingerprint density at radius 2 is 1.46 bits per heavy atom. The van der Waals surface area contributed by atoms with Gasteiger partial charge in [0.05, 0.1) is 5.92 Å². The van der Waals surface area contributed by atoms with Crippen LogP contribution in [0.4, 0.5) is 11.4 Å². The molecule has 1 unspecified atom stereocenters. The summed E-state index contributed by atoms with van der Waals surface area (Å²) in [6.07, 6.45) is 1.88. The molecule has 134 valence electrons. The van der Waals surface area contributed by atoms with Crippen molar-refractivity contribution in [2.45, 2.75) is 25.7 Å². The van der Waals surface area contributed by atoms with Crippen LogP contribution in [0.15, 0.2) is 48.5 Å². The number of carbonyl (C=O) groups excluding carboxylic acids is 2. The number of hydrogen-bond donors (Lipinski definition) is 3. The number of benzene rings is 2. The number of aliphatic carboxylic acids is 1. The van der Waals surface area contributed by atoms with E-state index in [0.29, 0.717) is 22.5 Å². The molecule has 0 heterocycles. The van der Waals surface area contributed by atoms with Crippen molar-refractivity contribution in [1.29, 1.82) is 0 Å². The lowest BCUT2D eigenvalue weighted by molar-refractivity contribution is -0.138. The molecule has 2 amide bonds. The predicted molar refractivity (Wildman–Crippen MR) is 98.2 cm³/mol. The van der Waals surface area contributed by atoms with E-state index in [-0.39, 0.29) is 17.7 Å². The summed E-state index contributed by atoms with van der Waals surface area (Å²) in [6.45, 7) is 1.61. The molecule has 1 saturated carbocycles. The van der Waals surface area contributed by atoms with Crippen LogP contribution in [0.25, 0.3) is 0 Å². The summed E-state index contributed by atoms with van der Waals surface area (Å²) in [5, 5.41) is 14.6. The van der Waals surface area contributed by atoms with E-state index in [1.165, 1.54) is 0 Å². The van der Waals surface area contributed by atoms with E-state index >= 15 is 0 Å². The Morgan fingerprint density at radius 1 is 0.923 bits per heavy atom. The van der Waals surface area contributed by atoms with Crippen LogP contribution in [-0.2, 0) is 9.59 Å². The lowest BCUT2D eigenvalue weighted by Gasteiger charge is -2.10. The quantitative estimate of drug-likeness (QED) is 0.742. The zero-order chi connectivity index (χ0) is 18.7. The third-order valence-electron chi connectivity index (χ3n) is 4.40. The minimum Gasteiger partial charge on any atom is -0.481 e. The van der Waals surface area contributed by atoms with Crippen molar-refractivity contribution >= 4 is 29.2 Å². The van der Waals surface area contributed by atoms with Crippen LogP contribution in [-0.4, -0.2) is 22.9 Å². The number of rotatable bonds is 6. The van der Waals surface area contributed by atoms with Gasteiger partial charge in [-0.25, -0.2) is 0 Å². The van der Waals surface area contributed by atoms with Crippen molar-refractivity contribution in [1.82, 2.24) is 0 Å². The fourth-order valence-corrected chi connectivity index (χ4v) is 2.50. The van der Waals surface area contributed by atoms with E-state index in [2.05, 4.69) is 10.6 Å². The monoisotopic (exact) mass is 352 g/mol. The molecule has 0 radical (unpaired) electrons. The first-order chi connectivity index (χ1) is 12.4. The second kappa shape index (κ2) is 7.39. The molecule has 0 bridgehead atoms. The molecule has 0 saturated heterocycles. The van der Waals surface area contributed by atoms with Gasteiger partial charge in [0.15, 0.2) is 0 Å². The van der Waals surface area contributed by atoms with Gasteiger partial charge in [-0.2, -0.15) is 0 Å². The van der Waals surface area contributed by atoms with E-state index in [1.54, 1.807) is 55.5 Å². The molecule has 2 aromatic carbocycles. The number of amides is 2. The van der Waals surface area contributed by atoms with Crippen LogP contribution >= 0.6 is 0 Å². The normalized spacial score (nSPS) is 14.3. The number of carbonyl (C=O) groups is 3. The second-order valence-electron chi connectivity index (χ2n) is 6.48. The van der Waals surface area contributed by atoms with Gasteiger partial charge in [-0.1, -0.05) is 12.1 Å². The van der Waals surface area contributed by atoms with Crippen LogP contribution in [0.5, 0.6) is 0 Å². The van der Waals surface area contributed by atoms with Crippen molar-refractivity contribution in [2.75, 3.05) is 10.6 Å². The lowest BCUT2D eigenvalue weighted by atomic mass is 10.0. The highest BCUT2D eigenvalue weighted by Gasteiger charge is 2.29. The highest BCUT2D eigenvalue weighted by atomic mass is 16.4. The van der Waals surface area contributed by atoms with Crippen LogP contribution in [0.3, 0.4) is 0 Å². The second-order valence-corrected chi connectivity index (χ2v) is 6.48. The SMILES string of the molecule is CC(C(=O)O)c1ccc(NC(=O)c2ccc(NC(=O)C3CC3)cc2)cc1. The van der Waals surface area contributed by atoms with Crippen molar-refractivity contribution in [3.8, 4) is 0 Å². The Bertz CT molecular complexity index is 824. The third-order valence-corrected chi connectivity index (χ3v) is 4.40. The Morgan fingerprint density at radius 3 is 2.00 bits per heavy atom. The fourth-order valence-electron chi connectivity index (χ4n) is 2.50. The van der Waals surface area contributed by atoms with Gasteiger partial charge < -0.3 is 15.7 Å². The molecule has 6 heteroatoms. The van der Waals surface area contributed by atoms with Crippen molar-refractivity contribution < 1.29 is 19.5 Å². The average molecular weight is 352 g/mol. The van der Waals surface area contributed by atoms with Gasteiger partial charge in [-0.3, -0.25) is 14.4 Å². The first-order valence-electron chi connectivity index (χ1n) is 8.49. The molecule has 26 heavy (non-hydrogen) atoms. The molecule has 1 atom stereocenters. The maximum atomic E-state index is 12.3. The van der Waals surface area contributed by atoms with Gasteiger partial charge in [0.2, 0.25) is 5.91 Å². The largest absolute Gasteiger partial charge is 0.481 e. The van der Waals surface area contributed by atoms with Crippen molar-refractivity contribution in [3.05, 3.63) is 59.7 Å². The Balaban J connectivity index is 1.60. The molecule has 6 nitrogen and oxygen atoms in total. The fraction of sp³-hybridized carbons (Fsp3) is 0.250. The predicted octanol–water partition coefficient (Wildman–Crippen LogP) is 3.48. The third kappa shape index (κ3) is 4.27. The number of hydrogen-bond acceptors (Lipinski definition) is 3. The molecular weight excluding hydrogens is 332 g/mol. The van der Waals surface area contributed by atoms with Gasteiger partial charge in [-0.05, 0) is 61.7 Å². The molecule has 0 aliphatic heterocycles. The van der Waals surface area contributed by atoms with Crippen molar-refractivity contribution in [3.63, 3.8) is 0 Å². The van der Waals surface area contributed by atoms with E-state index in [1.807, 2.05) is 0 Å². The first-order valence-corrected chi connectivity index (χ1v) is 8.49. The van der Waals surface area contributed by atoms with E-state index in [0.717, 1.165) is 12.8 Å². The zero-order valence-electron chi connectivity index (χ0n) is 14.4. The minimum absolute atomic E-state index is 0.0258. The molecule has 1 fully saturated rings. The molecule has 2 aromatic rings. The Hall–Kier alpha value is -3.15. The maximum Gasteiger partial charge on any atom is 0.310 e. The maximum absolute atomic E-state index is 12.3. The number of nitrogens with one attached hydrogen (secondary N) is 2. The van der Waals surface area contributed by atoms with E-state index in [9.17, 15) is 14.4 Å². The summed E-state index contributed by atoms with van der Waals surface area (Å²) in [5.74, 6) is -1.61. The summed E-state index contributed by atoms with van der Waals surface area (Å²) in [6, 6.07) is 13.4. The topological polar surface area (TPSA) is 95.5 Å². The molecule has 0 spiro atoms. The number of carboxylic acids is 1. The summed E-state index contributed by atoms with van der Waals surface area (Å²) >= 11 is 0. The van der Waals surface area contributed by atoms with Crippen molar-refractivity contribution in [2.24, 2.45) is 5.92 Å². The molecule has 0 aromatic heterocycles. The highest BCUT2D eigenvalue weighted by molar-refractivity contribution is 6.04. The molecular formula is C20H20N2O4. The highest BCUT2D eigenvalue weighted by Crippen LogP contribution is 2.30. The van der Waals surface area contributed by atoms with Gasteiger partial charge in [0.1, 0.15) is 0 Å². The van der Waals surface area contributed by atoms with E-state index in [4.69, 9.17) is 5.11 Å². The lowest BCUT2D eigenvalue weighted by Crippen LogP contribution is -2.14. The molecule has 3 rings (SSSR count). The molecule has 1 aliphatic carbocycles. The number of carboxylic acid groups (broad SMARTS) is 1. The smallest absolute Gasteiger partial charge is 0.310 e. The summed E-state index contributed by atoms with van der Waals surface area (Å²) < 4.78 is 0. The first kappa shape index (κ1) is 17.7. The standard InChI is InChI=1S/C20H20N2O4/c1-12(20(25)26)13-4-8-16(9-5-13)21-19(24)15-6-10-17(11-7-15)22-18(23)14-2-3-14/h4-12,14H,2-3H2,1H3,(H,21,24)(H,22,23)(H,25,26). The minimum atomic E-state index is -0.893. The van der Waals surface area contributed by atoms with Crippen LogP contribution in [0.1, 0.15) is 41.6 Å². The number of anilines is 2. The van der Waals surface area contributed by atoms with Gasteiger partial charge in [0, 0.05) is 22.9 Å². The Labute approximate surface area is 151 Å². The Kier molecular flexibility index (Phi) is 5.02. The van der Waals surface area contributed by atoms with Crippen LogP contribution < -0.4 is 10.6 Å². The summed E-state index contributed by atoms with van der Waals surface area (Å²) in [5.41, 5.74) is 2.40. The van der Waals surface area contributed by atoms with Gasteiger partial charge in [-0.15, -0.1) is 0 Å². The van der Waals surface area contributed by atoms with E-state index < -0.39 is 11.9 Å². The summed E-state index contributed by atoms with van der Waals surface area (Å²) in [4.78, 5) is 35.0. The van der Waals surface area contributed by atoms with Crippen LogP contribution in [0.2, 0.25) is 0 Å². The average Bonchev–Trinajstić information content (AvgIpc) is 3.47. The summed E-state index contributed by atoms with van der Waals surface area (Å²) in [7, 11) is 0. The molecule has 3 N–H and O–H groups in total. The van der Waals surface area contributed by atoms with Crippen LogP contribution in [0, 0.1) is 5.92 Å². The van der Waals surface area contributed by atoms with Gasteiger partial charge >= 0.3 is 5.97 Å².